The summed E-state index contributed by atoms with van der Waals surface area (Å²) in [6, 6.07) is 0. The van der Waals surface area contributed by atoms with Gasteiger partial charge in [0.05, 0.1) is 13.1 Å². The Labute approximate surface area is 59.9 Å². The molecule has 0 aromatic rings. The van der Waals surface area contributed by atoms with Crippen molar-refractivity contribution in [2.75, 3.05) is 13.1 Å². The van der Waals surface area contributed by atoms with Gasteiger partial charge in [0.2, 0.25) is 0 Å². The third kappa shape index (κ3) is 11.1. The third-order valence-electron chi connectivity index (χ3n) is 0.503. The first-order valence-corrected chi connectivity index (χ1v) is 2.13. The number of hydrogen-bond acceptors (Lipinski definition) is 2. The molecule has 52 valence electrons. The second-order valence-electron chi connectivity index (χ2n) is 1.20. The van der Waals surface area contributed by atoms with Gasteiger partial charge in [-0.05, 0) is 0 Å². The Morgan fingerprint density at radius 3 is 2.67 bits per heavy atom. The van der Waals surface area contributed by atoms with Gasteiger partial charge in [0.1, 0.15) is 0 Å². The van der Waals surface area contributed by atoms with Crippen molar-refractivity contribution in [3.05, 3.63) is 0 Å². The number of halogens is 1. The second-order valence-corrected chi connectivity index (χ2v) is 1.20. The summed E-state index contributed by atoms with van der Waals surface area (Å²) in [7, 11) is 0. The highest BCUT2D eigenvalue weighted by atomic mass is 35.5. The van der Waals surface area contributed by atoms with Crippen LogP contribution in [0.25, 0.3) is 0 Å². The van der Waals surface area contributed by atoms with E-state index in [9.17, 15) is 4.79 Å². The molecule has 0 fully saturated rings. The predicted molar refractivity (Wildman–Crippen MR) is 36.6 cm³/mol. The molecule has 0 amide bonds. The Kier molecular flexibility index (Phi) is 9.00. The van der Waals surface area contributed by atoms with Crippen molar-refractivity contribution in [2.24, 2.45) is 0 Å². The Bertz CT molecular complexity index is 119. The van der Waals surface area contributed by atoms with Crippen molar-refractivity contribution in [1.29, 1.82) is 0 Å². The van der Waals surface area contributed by atoms with Crippen LogP contribution in [0.2, 0.25) is 0 Å². The molecule has 0 saturated heterocycles. The molecular weight excluding hydrogens is 142 g/mol. The minimum Gasteiger partial charge on any atom is -0.480 e. The molecule has 0 rings (SSSR count). The van der Waals surface area contributed by atoms with Gasteiger partial charge in [0.15, 0.2) is 0 Å². The first kappa shape index (κ1) is 11.1. The van der Waals surface area contributed by atoms with Crippen LogP contribution in [0.15, 0.2) is 0 Å². The molecule has 0 saturated carbocycles. The Morgan fingerprint density at radius 2 is 2.33 bits per heavy atom. The number of aliphatic carboxylic acids is 1. The lowest BCUT2D eigenvalue weighted by molar-refractivity contribution is -0.135. The smallest absolute Gasteiger partial charge is 0.317 e. The minimum absolute atomic E-state index is 0. The van der Waals surface area contributed by atoms with Crippen LogP contribution in [-0.4, -0.2) is 24.2 Å². The standard InChI is InChI=1S/C5H7NO2.ClH/c1-2-3-6-4-5(7)8;/h1,6H,3-4H2,(H,7,8);1H. The zero-order valence-electron chi connectivity index (χ0n) is 4.76. The molecule has 0 aromatic heterocycles. The van der Waals surface area contributed by atoms with E-state index >= 15 is 0 Å². The zero-order valence-corrected chi connectivity index (χ0v) is 5.57. The molecule has 0 unspecified atom stereocenters. The van der Waals surface area contributed by atoms with Crippen LogP contribution < -0.4 is 5.32 Å². The molecule has 0 heterocycles. The van der Waals surface area contributed by atoms with Gasteiger partial charge in [-0.3, -0.25) is 10.1 Å². The largest absolute Gasteiger partial charge is 0.480 e. The number of carbonyl (C=O) groups is 1. The van der Waals surface area contributed by atoms with E-state index in [1.54, 1.807) is 0 Å². The van der Waals surface area contributed by atoms with Gasteiger partial charge in [-0.15, -0.1) is 18.8 Å². The summed E-state index contributed by atoms with van der Waals surface area (Å²) in [6.07, 6.45) is 4.81. The lowest BCUT2D eigenvalue weighted by Gasteiger charge is -1.90. The molecule has 0 aliphatic heterocycles. The van der Waals surface area contributed by atoms with Gasteiger partial charge >= 0.3 is 5.97 Å². The molecule has 4 heteroatoms. The van der Waals surface area contributed by atoms with Crippen LogP contribution >= 0.6 is 12.4 Å². The van der Waals surface area contributed by atoms with Crippen molar-refractivity contribution in [2.45, 2.75) is 0 Å². The molecule has 0 bridgehead atoms. The van der Waals surface area contributed by atoms with E-state index in [1.807, 2.05) is 0 Å². The van der Waals surface area contributed by atoms with Gasteiger partial charge in [-0.2, -0.15) is 0 Å². The lowest BCUT2D eigenvalue weighted by atomic mass is 10.6. The topological polar surface area (TPSA) is 49.3 Å². The highest BCUT2D eigenvalue weighted by Gasteiger charge is 1.89. The van der Waals surface area contributed by atoms with Gasteiger partial charge < -0.3 is 5.11 Å². The van der Waals surface area contributed by atoms with Crippen LogP contribution in [0.5, 0.6) is 0 Å². The number of carboxylic acid groups (broad SMARTS) is 1. The predicted octanol–water partition coefficient (Wildman–Crippen LogP) is -0.284. The fraction of sp³-hybridized carbons (Fsp3) is 0.400. The molecule has 0 aliphatic carbocycles. The number of nitrogens with one attached hydrogen (secondary N) is 1. The maximum absolute atomic E-state index is 9.74. The van der Waals surface area contributed by atoms with E-state index in [4.69, 9.17) is 11.5 Å². The summed E-state index contributed by atoms with van der Waals surface area (Å²) < 4.78 is 0. The van der Waals surface area contributed by atoms with E-state index in [1.165, 1.54) is 0 Å². The number of carboxylic acids is 1. The van der Waals surface area contributed by atoms with E-state index in [2.05, 4.69) is 11.2 Å². The summed E-state index contributed by atoms with van der Waals surface area (Å²) in [5.74, 6) is 1.36. The third-order valence-corrected chi connectivity index (χ3v) is 0.503. The van der Waals surface area contributed by atoms with Crippen LogP contribution in [0.4, 0.5) is 0 Å². The van der Waals surface area contributed by atoms with Crippen molar-refractivity contribution in [1.82, 2.24) is 5.32 Å². The van der Waals surface area contributed by atoms with Crippen molar-refractivity contribution in [3.8, 4) is 12.3 Å². The Balaban J connectivity index is 0. The van der Waals surface area contributed by atoms with Crippen molar-refractivity contribution in [3.63, 3.8) is 0 Å². The average Bonchev–Trinajstić information content (AvgIpc) is 1.66. The molecule has 3 nitrogen and oxygen atoms in total. The number of hydrogen-bond donors (Lipinski definition) is 2. The number of terminal acetylenes is 1. The van der Waals surface area contributed by atoms with E-state index in [0.717, 1.165) is 0 Å². The minimum atomic E-state index is -0.889. The molecule has 0 aromatic carbocycles. The van der Waals surface area contributed by atoms with Crippen molar-refractivity contribution < 1.29 is 9.90 Å². The molecular formula is C5H8ClNO2. The van der Waals surface area contributed by atoms with Gasteiger partial charge in [-0.25, -0.2) is 0 Å². The molecule has 0 aliphatic rings. The summed E-state index contributed by atoms with van der Waals surface area (Å²) in [4.78, 5) is 9.74. The fourth-order valence-electron chi connectivity index (χ4n) is 0.242. The second kappa shape index (κ2) is 7.28. The monoisotopic (exact) mass is 149 g/mol. The summed E-state index contributed by atoms with van der Waals surface area (Å²) in [6.45, 7) is 0.247. The van der Waals surface area contributed by atoms with Gasteiger partial charge in [0, 0.05) is 0 Å². The highest BCUT2D eigenvalue weighted by molar-refractivity contribution is 5.85. The normalized spacial score (nSPS) is 7.00. The lowest BCUT2D eigenvalue weighted by Crippen LogP contribution is -2.22. The van der Waals surface area contributed by atoms with E-state index < -0.39 is 5.97 Å². The average molecular weight is 150 g/mol. The first-order valence-electron chi connectivity index (χ1n) is 2.13. The number of rotatable bonds is 3. The van der Waals surface area contributed by atoms with E-state index in [0.29, 0.717) is 6.54 Å². The first-order chi connectivity index (χ1) is 3.77. The van der Waals surface area contributed by atoms with Crippen LogP contribution in [0, 0.1) is 12.3 Å². The fourth-order valence-corrected chi connectivity index (χ4v) is 0.242. The van der Waals surface area contributed by atoms with Crippen LogP contribution in [0.3, 0.4) is 0 Å². The maximum atomic E-state index is 9.74. The molecule has 2 N–H and O–H groups in total. The van der Waals surface area contributed by atoms with Crippen LogP contribution in [-0.2, 0) is 4.79 Å². The molecule has 9 heavy (non-hydrogen) atoms. The Hall–Kier alpha value is -0.720. The molecule has 0 radical (unpaired) electrons. The SMILES string of the molecule is C#CCNCC(=O)O.Cl. The molecule has 0 spiro atoms. The molecule has 0 atom stereocenters. The van der Waals surface area contributed by atoms with E-state index in [-0.39, 0.29) is 19.0 Å². The van der Waals surface area contributed by atoms with Crippen LogP contribution in [0.1, 0.15) is 0 Å². The summed E-state index contributed by atoms with van der Waals surface area (Å²) >= 11 is 0. The quantitative estimate of drug-likeness (QED) is 0.429. The Morgan fingerprint density at radius 1 is 1.78 bits per heavy atom. The van der Waals surface area contributed by atoms with Crippen molar-refractivity contribution >= 4 is 18.4 Å². The summed E-state index contributed by atoms with van der Waals surface area (Å²) in [5, 5.41) is 10.5. The van der Waals surface area contributed by atoms with Gasteiger partial charge in [-0.1, -0.05) is 5.92 Å². The highest BCUT2D eigenvalue weighted by Crippen LogP contribution is 1.57. The summed E-state index contributed by atoms with van der Waals surface area (Å²) in [5.41, 5.74) is 0. The van der Waals surface area contributed by atoms with Gasteiger partial charge in [0.25, 0.3) is 0 Å². The maximum Gasteiger partial charge on any atom is 0.317 e. The zero-order chi connectivity index (χ0) is 6.41.